The molecule has 2 aromatic carbocycles. The van der Waals surface area contributed by atoms with Crippen molar-refractivity contribution in [3.8, 4) is 0 Å². The number of rotatable bonds is 2. The lowest BCUT2D eigenvalue weighted by Gasteiger charge is -2.00. The van der Waals surface area contributed by atoms with E-state index in [1.165, 1.54) is 30.3 Å². The molecule has 0 saturated heterocycles. The summed E-state index contributed by atoms with van der Waals surface area (Å²) in [5.74, 6) is -0.661. The number of carbonyl (C=O) groups is 1. The number of hydrogen-bond donors (Lipinski definition) is 1. The van der Waals surface area contributed by atoms with E-state index < -0.39 is 5.78 Å². The molecular formula is C13H11NO. The minimum Gasteiger partial charge on any atom is -0.399 e. The van der Waals surface area contributed by atoms with E-state index >= 15 is 0 Å². The summed E-state index contributed by atoms with van der Waals surface area (Å²) in [5.41, 5.74) is 5.50. The standard InChI is InChI=1S/C13H11NO/c14-12-8-6-11(7-9-12)13(15)10-4-2-1-3-5-10/h1-9H,14H2/i4D,5D,6D,7D. The fourth-order valence-electron chi connectivity index (χ4n) is 1.13. The highest BCUT2D eigenvalue weighted by atomic mass is 16.1. The van der Waals surface area contributed by atoms with Crippen LogP contribution in [-0.2, 0) is 0 Å². The molecule has 0 aromatic heterocycles. The molecule has 0 amide bonds. The van der Waals surface area contributed by atoms with E-state index in [-0.39, 0.29) is 41.0 Å². The van der Waals surface area contributed by atoms with E-state index in [4.69, 9.17) is 11.2 Å². The van der Waals surface area contributed by atoms with Gasteiger partial charge in [-0.05, 0) is 24.2 Å². The van der Waals surface area contributed by atoms with Crippen LogP contribution in [0.5, 0.6) is 0 Å². The SMILES string of the molecule is [2H]c1cccc([2H])c1C(=O)c1c([2H])cc(N)cc1[2H]. The minimum atomic E-state index is -0.661. The number of ketones is 1. The molecule has 0 saturated carbocycles. The molecule has 2 nitrogen and oxygen atoms in total. The summed E-state index contributed by atoms with van der Waals surface area (Å²) >= 11 is 0. The van der Waals surface area contributed by atoms with Crippen LogP contribution < -0.4 is 5.73 Å². The number of benzene rings is 2. The van der Waals surface area contributed by atoms with Crippen molar-refractivity contribution in [3.63, 3.8) is 0 Å². The molecule has 0 atom stereocenters. The summed E-state index contributed by atoms with van der Waals surface area (Å²) in [7, 11) is 0. The van der Waals surface area contributed by atoms with Crippen LogP contribution in [0.4, 0.5) is 5.69 Å². The molecule has 0 aliphatic rings. The maximum absolute atomic E-state index is 12.3. The smallest absolute Gasteiger partial charge is 0.193 e. The summed E-state index contributed by atoms with van der Waals surface area (Å²) < 4.78 is 30.8. The predicted molar refractivity (Wildman–Crippen MR) is 60.7 cm³/mol. The first-order chi connectivity index (χ1) is 8.91. The zero-order valence-electron chi connectivity index (χ0n) is 11.9. The van der Waals surface area contributed by atoms with Crippen molar-refractivity contribution in [3.05, 3.63) is 65.6 Å². The van der Waals surface area contributed by atoms with Gasteiger partial charge in [0.25, 0.3) is 0 Å². The van der Waals surface area contributed by atoms with Gasteiger partial charge in [-0.15, -0.1) is 0 Å². The van der Waals surface area contributed by atoms with Crippen LogP contribution >= 0.6 is 0 Å². The van der Waals surface area contributed by atoms with Gasteiger partial charge >= 0.3 is 0 Å². The average Bonchev–Trinajstić information content (AvgIpc) is 2.26. The van der Waals surface area contributed by atoms with Gasteiger partial charge in [-0.1, -0.05) is 30.3 Å². The van der Waals surface area contributed by atoms with Crippen LogP contribution in [0.15, 0.2) is 54.5 Å². The molecule has 2 rings (SSSR count). The van der Waals surface area contributed by atoms with Crippen LogP contribution in [0.3, 0.4) is 0 Å². The Morgan fingerprint density at radius 1 is 1.00 bits per heavy atom. The quantitative estimate of drug-likeness (QED) is 0.599. The van der Waals surface area contributed by atoms with E-state index in [0.29, 0.717) is 0 Å². The third-order valence-corrected chi connectivity index (χ3v) is 1.87. The van der Waals surface area contributed by atoms with Gasteiger partial charge in [-0.25, -0.2) is 0 Å². The van der Waals surface area contributed by atoms with Crippen molar-refractivity contribution in [1.29, 1.82) is 0 Å². The molecule has 0 unspecified atom stereocenters. The molecule has 0 spiro atoms. The van der Waals surface area contributed by atoms with E-state index in [1.807, 2.05) is 0 Å². The van der Waals surface area contributed by atoms with Gasteiger partial charge < -0.3 is 5.73 Å². The highest BCUT2D eigenvalue weighted by molar-refractivity contribution is 6.09. The first-order valence-corrected chi connectivity index (χ1v) is 4.39. The van der Waals surface area contributed by atoms with Crippen molar-refractivity contribution >= 4 is 11.5 Å². The lowest BCUT2D eigenvalue weighted by Crippen LogP contribution is -2.00. The third-order valence-electron chi connectivity index (χ3n) is 1.87. The van der Waals surface area contributed by atoms with Gasteiger partial charge in [0.15, 0.2) is 5.78 Å². The second kappa shape index (κ2) is 3.96. The lowest BCUT2D eigenvalue weighted by molar-refractivity contribution is 0.103. The second-order valence-electron chi connectivity index (χ2n) is 2.97. The van der Waals surface area contributed by atoms with Crippen molar-refractivity contribution in [2.24, 2.45) is 0 Å². The molecule has 2 aromatic rings. The summed E-state index contributed by atoms with van der Waals surface area (Å²) in [6.45, 7) is 0. The zero-order valence-corrected chi connectivity index (χ0v) is 7.87. The summed E-state index contributed by atoms with van der Waals surface area (Å²) in [5, 5.41) is 0. The molecule has 74 valence electrons. The maximum Gasteiger partial charge on any atom is 0.193 e. The van der Waals surface area contributed by atoms with E-state index in [2.05, 4.69) is 0 Å². The molecule has 0 radical (unpaired) electrons. The molecule has 2 heteroatoms. The van der Waals surface area contributed by atoms with Gasteiger partial charge in [0.05, 0.1) is 5.48 Å². The molecule has 0 bridgehead atoms. The van der Waals surface area contributed by atoms with Crippen molar-refractivity contribution in [2.45, 2.75) is 0 Å². The Kier molecular flexibility index (Phi) is 1.51. The number of carbonyl (C=O) groups excluding carboxylic acids is 1. The number of nitrogen functional groups attached to an aromatic ring is 1. The predicted octanol–water partition coefficient (Wildman–Crippen LogP) is 2.50. The fraction of sp³-hybridized carbons (Fsp3) is 0. The Hall–Kier alpha value is -2.09. The number of nitrogens with two attached hydrogens (primary N) is 1. The lowest BCUT2D eigenvalue weighted by atomic mass is 10.0. The number of hydrogen-bond acceptors (Lipinski definition) is 2. The topological polar surface area (TPSA) is 43.1 Å². The highest BCUT2D eigenvalue weighted by Crippen LogP contribution is 2.11. The Labute approximate surface area is 94.0 Å². The van der Waals surface area contributed by atoms with E-state index in [0.717, 1.165) is 0 Å². The van der Waals surface area contributed by atoms with Crippen molar-refractivity contribution in [2.75, 3.05) is 5.73 Å². The van der Waals surface area contributed by atoms with E-state index in [1.54, 1.807) is 0 Å². The highest BCUT2D eigenvalue weighted by Gasteiger charge is 2.06. The van der Waals surface area contributed by atoms with Crippen LogP contribution in [0.25, 0.3) is 0 Å². The van der Waals surface area contributed by atoms with Crippen molar-refractivity contribution < 1.29 is 10.3 Å². The second-order valence-corrected chi connectivity index (χ2v) is 2.97. The van der Waals surface area contributed by atoms with Crippen LogP contribution in [0, 0.1) is 0 Å². The third kappa shape index (κ3) is 2.05. The zero-order chi connectivity index (χ0) is 14.2. The Morgan fingerprint density at radius 2 is 1.53 bits per heavy atom. The fourth-order valence-corrected chi connectivity index (χ4v) is 1.13. The maximum atomic E-state index is 12.3. The van der Waals surface area contributed by atoms with Crippen molar-refractivity contribution in [1.82, 2.24) is 0 Å². The monoisotopic (exact) mass is 201 g/mol. The van der Waals surface area contributed by atoms with Gasteiger partial charge in [0, 0.05) is 16.8 Å². The van der Waals surface area contributed by atoms with Crippen LogP contribution in [0.2, 0.25) is 0 Å². The van der Waals surface area contributed by atoms with E-state index in [9.17, 15) is 4.79 Å². The first kappa shape index (κ1) is 5.71. The first-order valence-electron chi connectivity index (χ1n) is 6.39. The van der Waals surface area contributed by atoms with Gasteiger partial charge in [0.1, 0.15) is 0 Å². The van der Waals surface area contributed by atoms with Gasteiger partial charge in [0.2, 0.25) is 0 Å². The summed E-state index contributed by atoms with van der Waals surface area (Å²) in [6, 6.07) is 6.35. The largest absolute Gasteiger partial charge is 0.399 e. The van der Waals surface area contributed by atoms with Gasteiger partial charge in [-0.2, -0.15) is 0 Å². The Morgan fingerprint density at radius 3 is 2.13 bits per heavy atom. The minimum absolute atomic E-state index is 0.0897. The molecule has 0 aliphatic heterocycles. The summed E-state index contributed by atoms with van der Waals surface area (Å²) in [6.07, 6.45) is 0. The normalized spacial score (nSPS) is 13.6. The molecule has 2 N–H and O–H groups in total. The van der Waals surface area contributed by atoms with Gasteiger partial charge in [-0.3, -0.25) is 4.79 Å². The Balaban J connectivity index is 2.64. The molecule has 0 aliphatic carbocycles. The number of anilines is 1. The summed E-state index contributed by atoms with van der Waals surface area (Å²) in [4.78, 5) is 12.3. The molecule has 0 heterocycles. The van der Waals surface area contributed by atoms with Crippen LogP contribution in [0.1, 0.15) is 21.4 Å². The Bertz CT molecular complexity index is 626. The average molecular weight is 201 g/mol. The molecular weight excluding hydrogens is 186 g/mol. The molecule has 0 fully saturated rings. The van der Waals surface area contributed by atoms with Crippen LogP contribution in [-0.4, -0.2) is 5.78 Å². The molecule has 15 heavy (non-hydrogen) atoms.